The number of benzene rings is 2. The molecule has 0 saturated heterocycles. The second-order valence-electron chi connectivity index (χ2n) is 9.55. The molecule has 3 aromatic rings. The average Bonchev–Trinajstić information content (AvgIpc) is 2.83. The molecule has 0 saturated carbocycles. The van der Waals surface area contributed by atoms with Crippen molar-refractivity contribution < 1.29 is 59.3 Å². The Labute approximate surface area is 236 Å². The molecule has 0 aliphatic rings. The summed E-state index contributed by atoms with van der Waals surface area (Å²) in [6.45, 7) is 1.36. The van der Waals surface area contributed by atoms with Gasteiger partial charge in [-0.25, -0.2) is 14.2 Å². The van der Waals surface area contributed by atoms with Crippen molar-refractivity contribution in [3.05, 3.63) is 70.8 Å². The maximum absolute atomic E-state index is 15.3. The van der Waals surface area contributed by atoms with E-state index >= 15 is 4.39 Å². The van der Waals surface area contributed by atoms with E-state index in [-0.39, 0.29) is 28.6 Å². The van der Waals surface area contributed by atoms with Gasteiger partial charge in [-0.1, -0.05) is 0 Å². The summed E-state index contributed by atoms with van der Waals surface area (Å²) in [5.74, 6) is -6.32. The molecule has 0 fully saturated rings. The summed E-state index contributed by atoms with van der Waals surface area (Å²) in [6, 6.07) is 5.96. The summed E-state index contributed by atoms with van der Waals surface area (Å²) in [7, 11) is 5.76. The molecule has 2 aromatic carbocycles. The van der Waals surface area contributed by atoms with E-state index < -0.39 is 58.2 Å². The van der Waals surface area contributed by atoms with Gasteiger partial charge in [0.25, 0.3) is 5.91 Å². The summed E-state index contributed by atoms with van der Waals surface area (Å²) >= 11 is 0. The number of methoxy groups -OCH3 is 1. The molecule has 42 heavy (non-hydrogen) atoms. The highest BCUT2D eigenvalue weighted by atomic mass is 19.4. The molecule has 18 heteroatoms. The van der Waals surface area contributed by atoms with Crippen LogP contribution in [-0.2, 0) is 10.9 Å². The van der Waals surface area contributed by atoms with Crippen LogP contribution in [0.25, 0.3) is 0 Å². The van der Waals surface area contributed by atoms with Crippen molar-refractivity contribution in [1.82, 2.24) is 4.98 Å². The fourth-order valence-corrected chi connectivity index (χ4v) is 3.47. The standard InChI is InChI=1S/C24H20B3F7N2O6/c1-10-13(5-6-14(35-10)21(38)39-2)36-20(37)18-16(8-4-12(19(18)28)22(29,30)31)40-15-7-3-11(41-24(32,33)34)9-17(15)42-23(25,26)27/h3-9H,25-27H2,1-2H3,(H,36,37). The number of carbonyl (C=O) groups is 2. The smallest absolute Gasteiger partial charge is 0.510 e. The topological polar surface area (TPSA) is 96.0 Å². The van der Waals surface area contributed by atoms with Gasteiger partial charge < -0.3 is 24.3 Å². The number of alkyl halides is 6. The number of amides is 1. The van der Waals surface area contributed by atoms with Gasteiger partial charge in [0.2, 0.25) is 0 Å². The van der Waals surface area contributed by atoms with E-state index in [0.717, 1.165) is 31.4 Å². The Kier molecular flexibility index (Phi) is 9.08. The van der Waals surface area contributed by atoms with Crippen LogP contribution in [0.5, 0.6) is 23.0 Å². The van der Waals surface area contributed by atoms with E-state index in [4.69, 9.17) is 9.47 Å². The summed E-state index contributed by atoms with van der Waals surface area (Å²) < 4.78 is 114. The van der Waals surface area contributed by atoms with Gasteiger partial charge in [0, 0.05) is 11.4 Å². The number of hydrogen-bond acceptors (Lipinski definition) is 7. The van der Waals surface area contributed by atoms with Crippen molar-refractivity contribution in [3.63, 3.8) is 0 Å². The highest BCUT2D eigenvalue weighted by Gasteiger charge is 2.38. The predicted molar refractivity (Wildman–Crippen MR) is 142 cm³/mol. The Balaban J connectivity index is 2.10. The Bertz CT molecular complexity index is 1510. The van der Waals surface area contributed by atoms with Crippen LogP contribution in [0.3, 0.4) is 0 Å². The van der Waals surface area contributed by atoms with Crippen LogP contribution in [0.4, 0.5) is 36.4 Å². The van der Waals surface area contributed by atoms with Gasteiger partial charge in [0.15, 0.2) is 17.3 Å². The Hall–Kier alpha value is -4.37. The third-order valence-electron chi connectivity index (χ3n) is 5.15. The number of rotatable bonds is 8. The first-order valence-corrected chi connectivity index (χ1v) is 11.8. The molecule has 0 spiro atoms. The number of nitrogens with zero attached hydrogens (tertiary/aromatic N) is 1. The molecular formula is C24H20B3F7N2O6. The molecule has 1 heterocycles. The maximum Gasteiger partial charge on any atom is 0.573 e. The van der Waals surface area contributed by atoms with E-state index in [1.165, 1.54) is 13.0 Å². The van der Waals surface area contributed by atoms with Crippen molar-refractivity contribution in [2.24, 2.45) is 0 Å². The first-order chi connectivity index (χ1) is 19.3. The molecule has 1 aromatic heterocycles. The zero-order valence-corrected chi connectivity index (χ0v) is 22.6. The second kappa shape index (κ2) is 11.9. The fraction of sp³-hybridized carbons (Fsp3) is 0.208. The van der Waals surface area contributed by atoms with Crippen LogP contribution in [0.15, 0.2) is 42.5 Å². The molecule has 1 amide bonds. The monoisotopic (exact) mass is 598 g/mol. The number of carbonyl (C=O) groups excluding carboxylic acids is 2. The van der Waals surface area contributed by atoms with Gasteiger partial charge in [0.05, 0.1) is 24.1 Å². The lowest BCUT2D eigenvalue weighted by molar-refractivity contribution is -0.274. The van der Waals surface area contributed by atoms with Gasteiger partial charge in [-0.3, -0.25) is 4.79 Å². The molecule has 0 aliphatic carbocycles. The van der Waals surface area contributed by atoms with E-state index in [1.807, 2.05) is 0 Å². The van der Waals surface area contributed by atoms with Gasteiger partial charge in [-0.15, -0.1) is 13.2 Å². The van der Waals surface area contributed by atoms with Crippen LogP contribution in [0, 0.1) is 12.7 Å². The summed E-state index contributed by atoms with van der Waals surface area (Å²) in [5.41, 5.74) is -3.13. The second-order valence-corrected chi connectivity index (χ2v) is 9.55. The summed E-state index contributed by atoms with van der Waals surface area (Å²) in [4.78, 5) is 28.8. The van der Waals surface area contributed by atoms with Crippen LogP contribution in [0.1, 0.15) is 32.1 Å². The van der Waals surface area contributed by atoms with E-state index in [9.17, 15) is 35.9 Å². The zero-order chi connectivity index (χ0) is 31.6. The number of nitrogens with one attached hydrogen (secondary N) is 1. The van der Waals surface area contributed by atoms with Gasteiger partial charge in [0.1, 0.15) is 46.3 Å². The van der Waals surface area contributed by atoms with Gasteiger partial charge >= 0.3 is 18.5 Å². The minimum absolute atomic E-state index is 0.0437. The number of esters is 1. The molecule has 0 unspecified atom stereocenters. The fourth-order valence-electron chi connectivity index (χ4n) is 3.47. The first kappa shape index (κ1) is 32.2. The molecule has 0 atom stereocenters. The van der Waals surface area contributed by atoms with Crippen molar-refractivity contribution in [3.8, 4) is 23.0 Å². The van der Waals surface area contributed by atoms with Crippen LogP contribution in [-0.4, -0.2) is 59.2 Å². The zero-order valence-electron chi connectivity index (χ0n) is 22.6. The Morgan fingerprint density at radius 3 is 2.07 bits per heavy atom. The molecule has 0 bridgehead atoms. The average molecular weight is 598 g/mol. The molecule has 3 rings (SSSR count). The normalized spacial score (nSPS) is 11.9. The minimum Gasteiger partial charge on any atom is -0.510 e. The lowest BCUT2D eigenvalue weighted by atomic mass is 9.52. The highest BCUT2D eigenvalue weighted by molar-refractivity contribution is 6.58. The number of halogens is 7. The molecule has 8 nitrogen and oxygen atoms in total. The highest BCUT2D eigenvalue weighted by Crippen LogP contribution is 2.41. The lowest BCUT2D eigenvalue weighted by Crippen LogP contribution is -2.37. The van der Waals surface area contributed by atoms with Crippen molar-refractivity contribution in [2.45, 2.75) is 24.8 Å². The number of aryl methyl sites for hydroxylation is 1. The molecular weight excluding hydrogens is 578 g/mol. The predicted octanol–water partition coefficient (Wildman–Crippen LogP) is 3.17. The van der Waals surface area contributed by atoms with Gasteiger partial charge in [-0.05, 0) is 43.3 Å². The molecule has 0 aliphatic heterocycles. The number of hydrogen-bond donors (Lipinski definition) is 1. The Morgan fingerprint density at radius 2 is 1.52 bits per heavy atom. The summed E-state index contributed by atoms with van der Waals surface area (Å²) in [5, 5.41) is 1.21. The van der Waals surface area contributed by atoms with Gasteiger partial charge in [-0.2, -0.15) is 13.2 Å². The third-order valence-corrected chi connectivity index (χ3v) is 5.15. The van der Waals surface area contributed by atoms with E-state index in [1.54, 1.807) is 23.5 Å². The number of pyridine rings is 1. The molecule has 0 radical (unpaired) electrons. The van der Waals surface area contributed by atoms with Crippen LogP contribution in [0.2, 0.25) is 0 Å². The largest absolute Gasteiger partial charge is 0.573 e. The van der Waals surface area contributed by atoms with Crippen molar-refractivity contribution >= 4 is 41.1 Å². The maximum atomic E-state index is 15.3. The Morgan fingerprint density at radius 1 is 0.881 bits per heavy atom. The SMILES string of the molecule is BC(B)(B)Oc1cc(OC(F)(F)F)ccc1Oc1ccc(C(F)(F)F)c(F)c1C(=O)Nc1ccc(C(=O)OC)nc1C. The first-order valence-electron chi connectivity index (χ1n) is 11.8. The van der Waals surface area contributed by atoms with E-state index in [0.29, 0.717) is 12.1 Å². The quantitative estimate of drug-likeness (QED) is 0.242. The van der Waals surface area contributed by atoms with Crippen LogP contribution < -0.4 is 19.5 Å². The minimum atomic E-state index is -5.20. The molecule has 220 valence electrons. The molecule has 1 N–H and O–H groups in total. The number of anilines is 1. The third kappa shape index (κ3) is 8.10. The number of aromatic nitrogens is 1. The van der Waals surface area contributed by atoms with E-state index in [2.05, 4.69) is 19.8 Å². The van der Waals surface area contributed by atoms with Crippen molar-refractivity contribution in [2.75, 3.05) is 12.4 Å². The lowest BCUT2D eigenvalue weighted by Gasteiger charge is -2.25. The number of ether oxygens (including phenoxy) is 4. The van der Waals surface area contributed by atoms with Crippen LogP contribution >= 0.6 is 0 Å². The summed E-state index contributed by atoms with van der Waals surface area (Å²) in [6.07, 6.45) is -10.3. The van der Waals surface area contributed by atoms with Crippen molar-refractivity contribution in [1.29, 1.82) is 0 Å².